The molecule has 0 spiro atoms. The third-order valence-corrected chi connectivity index (χ3v) is 8.47. The lowest BCUT2D eigenvalue weighted by Gasteiger charge is -2.45. The molecule has 5 aliphatic rings. The first-order valence-electron chi connectivity index (χ1n) is 12.5. The number of allylic oxidation sites excluding steroid dienone is 4. The van der Waals surface area contributed by atoms with Crippen LogP contribution in [0.3, 0.4) is 0 Å². The SMILES string of the molecule is COC(=O)C1CCC(C2=CC(=O)C3=C(C2=O)[C@H]2c4ccccc4[C@@H]3c3c(OC)ccc(OC)c32)CC1. The van der Waals surface area contributed by atoms with Crippen molar-refractivity contribution >= 4 is 17.5 Å². The van der Waals surface area contributed by atoms with Gasteiger partial charge in [-0.1, -0.05) is 24.3 Å². The van der Waals surface area contributed by atoms with E-state index in [1.807, 2.05) is 30.3 Å². The number of Topliss-reactive ketones (excluding diaryl/α,β-unsaturated/α-hetero) is 1. The predicted octanol–water partition coefficient (Wildman–Crippen LogP) is 4.65. The van der Waals surface area contributed by atoms with Crippen molar-refractivity contribution in [3.63, 3.8) is 0 Å². The summed E-state index contributed by atoms with van der Waals surface area (Å²) in [7, 11) is 4.66. The van der Waals surface area contributed by atoms with Crippen molar-refractivity contribution in [3.05, 3.63) is 81.4 Å². The number of esters is 1. The molecule has 0 saturated heterocycles. The Labute approximate surface area is 209 Å². The average molecular weight is 485 g/mol. The van der Waals surface area contributed by atoms with Crippen molar-refractivity contribution in [2.75, 3.05) is 21.3 Å². The number of methoxy groups -OCH3 is 3. The summed E-state index contributed by atoms with van der Waals surface area (Å²) >= 11 is 0. The third-order valence-electron chi connectivity index (χ3n) is 8.47. The summed E-state index contributed by atoms with van der Waals surface area (Å²) in [6.07, 6.45) is 4.26. The molecule has 0 heterocycles. The van der Waals surface area contributed by atoms with Crippen LogP contribution in [-0.4, -0.2) is 38.9 Å². The molecule has 0 aromatic heterocycles. The molecule has 36 heavy (non-hydrogen) atoms. The lowest BCUT2D eigenvalue weighted by Crippen LogP contribution is -2.38. The van der Waals surface area contributed by atoms with Crippen LogP contribution in [0, 0.1) is 11.8 Å². The number of hydrogen-bond acceptors (Lipinski definition) is 6. The van der Waals surface area contributed by atoms with Gasteiger partial charge >= 0.3 is 5.97 Å². The van der Waals surface area contributed by atoms with E-state index in [1.165, 1.54) is 7.11 Å². The van der Waals surface area contributed by atoms with Gasteiger partial charge in [0.15, 0.2) is 11.6 Å². The summed E-state index contributed by atoms with van der Waals surface area (Å²) in [6.45, 7) is 0. The highest BCUT2D eigenvalue weighted by Gasteiger charge is 2.52. The van der Waals surface area contributed by atoms with Crippen LogP contribution in [0.1, 0.15) is 59.8 Å². The van der Waals surface area contributed by atoms with Crippen molar-refractivity contribution in [2.45, 2.75) is 37.5 Å². The molecule has 0 N–H and O–H groups in total. The number of hydrogen-bond donors (Lipinski definition) is 0. The number of ether oxygens (including phenoxy) is 3. The minimum Gasteiger partial charge on any atom is -0.496 e. The van der Waals surface area contributed by atoms with Gasteiger partial charge in [-0.05, 0) is 60.9 Å². The highest BCUT2D eigenvalue weighted by Crippen LogP contribution is 2.61. The molecule has 0 aliphatic heterocycles. The predicted molar refractivity (Wildman–Crippen MR) is 132 cm³/mol. The van der Waals surface area contributed by atoms with Gasteiger partial charge in [0, 0.05) is 39.7 Å². The van der Waals surface area contributed by atoms with Crippen LogP contribution in [-0.2, 0) is 19.1 Å². The summed E-state index contributed by atoms with van der Waals surface area (Å²) < 4.78 is 16.4. The summed E-state index contributed by atoms with van der Waals surface area (Å²) in [5.74, 6) is 0.0716. The molecule has 2 bridgehead atoms. The number of ketones is 2. The molecule has 6 nitrogen and oxygen atoms in total. The fourth-order valence-corrected chi connectivity index (χ4v) is 6.88. The van der Waals surface area contributed by atoms with E-state index in [0.29, 0.717) is 53.9 Å². The Hall–Kier alpha value is -3.67. The van der Waals surface area contributed by atoms with E-state index in [9.17, 15) is 14.4 Å². The summed E-state index contributed by atoms with van der Waals surface area (Å²) in [5, 5.41) is 0. The van der Waals surface area contributed by atoms with Crippen molar-refractivity contribution in [1.29, 1.82) is 0 Å². The van der Waals surface area contributed by atoms with Gasteiger partial charge in [0.05, 0.1) is 27.2 Å². The van der Waals surface area contributed by atoms with Crippen LogP contribution in [0.2, 0.25) is 0 Å². The molecule has 5 aliphatic carbocycles. The fraction of sp³-hybridized carbons (Fsp3) is 0.367. The summed E-state index contributed by atoms with van der Waals surface area (Å²) in [6, 6.07) is 11.8. The molecule has 184 valence electrons. The van der Waals surface area contributed by atoms with Gasteiger partial charge < -0.3 is 14.2 Å². The molecule has 1 saturated carbocycles. The molecule has 2 aromatic carbocycles. The maximum Gasteiger partial charge on any atom is 0.308 e. The zero-order chi connectivity index (χ0) is 25.1. The van der Waals surface area contributed by atoms with E-state index >= 15 is 0 Å². The quantitative estimate of drug-likeness (QED) is 0.464. The first-order valence-corrected chi connectivity index (χ1v) is 12.5. The van der Waals surface area contributed by atoms with Gasteiger partial charge in [-0.3, -0.25) is 14.4 Å². The fourth-order valence-electron chi connectivity index (χ4n) is 6.88. The van der Waals surface area contributed by atoms with Gasteiger partial charge in [-0.25, -0.2) is 0 Å². The van der Waals surface area contributed by atoms with E-state index in [4.69, 9.17) is 14.2 Å². The van der Waals surface area contributed by atoms with E-state index in [-0.39, 0.29) is 35.3 Å². The zero-order valence-corrected chi connectivity index (χ0v) is 20.6. The minimum atomic E-state index is -0.396. The summed E-state index contributed by atoms with van der Waals surface area (Å²) in [5.41, 5.74) is 5.63. The monoisotopic (exact) mass is 484 g/mol. The molecular formula is C30H28O6. The second kappa shape index (κ2) is 8.47. The first kappa shape index (κ1) is 22.8. The van der Waals surface area contributed by atoms with Crippen molar-refractivity contribution in [1.82, 2.24) is 0 Å². The molecule has 0 amide bonds. The average Bonchev–Trinajstić information content (AvgIpc) is 2.93. The maximum atomic E-state index is 14.2. The number of rotatable bonds is 4. The molecule has 7 rings (SSSR count). The molecular weight excluding hydrogens is 456 g/mol. The van der Waals surface area contributed by atoms with Crippen LogP contribution in [0.4, 0.5) is 0 Å². The van der Waals surface area contributed by atoms with Crippen LogP contribution >= 0.6 is 0 Å². The van der Waals surface area contributed by atoms with Crippen molar-refractivity contribution in [2.24, 2.45) is 11.8 Å². The van der Waals surface area contributed by atoms with Gasteiger partial charge in [-0.15, -0.1) is 0 Å². The van der Waals surface area contributed by atoms with Crippen LogP contribution < -0.4 is 9.47 Å². The molecule has 0 radical (unpaired) electrons. The largest absolute Gasteiger partial charge is 0.496 e. The summed E-state index contributed by atoms with van der Waals surface area (Å²) in [4.78, 5) is 40.0. The smallest absolute Gasteiger partial charge is 0.308 e. The van der Waals surface area contributed by atoms with Gasteiger partial charge in [-0.2, -0.15) is 0 Å². The Morgan fingerprint density at radius 2 is 1.33 bits per heavy atom. The zero-order valence-electron chi connectivity index (χ0n) is 20.6. The Kier molecular flexibility index (Phi) is 5.36. The lowest BCUT2D eigenvalue weighted by molar-refractivity contribution is -0.146. The molecule has 1 fully saturated rings. The normalized spacial score (nSPS) is 26.0. The lowest BCUT2D eigenvalue weighted by atomic mass is 9.56. The van der Waals surface area contributed by atoms with Gasteiger partial charge in [0.25, 0.3) is 0 Å². The standard InChI is InChI=1S/C30H28O6/c1-34-21-12-13-22(35-2)27-24-18-7-5-4-6-17(18)23(26(21)27)25-20(31)14-19(29(32)28(24)25)15-8-10-16(11-9-15)30(33)36-3/h4-7,12-16,23-24H,8-11H2,1-3H3/t15?,16?,23-,24-/m0/s1. The topological polar surface area (TPSA) is 78.9 Å². The Balaban J connectivity index is 1.46. The second-order valence-electron chi connectivity index (χ2n) is 9.98. The highest BCUT2D eigenvalue weighted by atomic mass is 16.5. The van der Waals surface area contributed by atoms with Gasteiger partial charge in [0.1, 0.15) is 11.5 Å². The van der Waals surface area contributed by atoms with E-state index < -0.39 is 5.92 Å². The van der Waals surface area contributed by atoms with Crippen molar-refractivity contribution in [3.8, 4) is 11.5 Å². The van der Waals surface area contributed by atoms with E-state index in [1.54, 1.807) is 20.3 Å². The van der Waals surface area contributed by atoms with E-state index in [0.717, 1.165) is 22.3 Å². The van der Waals surface area contributed by atoms with Crippen molar-refractivity contribution < 1.29 is 28.6 Å². The Morgan fingerprint density at radius 3 is 1.86 bits per heavy atom. The van der Waals surface area contributed by atoms with Gasteiger partial charge in [0.2, 0.25) is 0 Å². The number of carbonyl (C=O) groups is 3. The van der Waals surface area contributed by atoms with Crippen LogP contribution in [0.25, 0.3) is 0 Å². The van der Waals surface area contributed by atoms with Crippen LogP contribution in [0.15, 0.2) is 59.2 Å². The first-order chi connectivity index (χ1) is 17.5. The molecule has 2 atom stereocenters. The molecule has 6 heteroatoms. The highest BCUT2D eigenvalue weighted by molar-refractivity contribution is 6.25. The molecule has 2 aromatic rings. The number of carbonyl (C=O) groups excluding carboxylic acids is 3. The Morgan fingerprint density at radius 1 is 0.778 bits per heavy atom. The van der Waals surface area contributed by atoms with Crippen LogP contribution in [0.5, 0.6) is 11.5 Å². The third kappa shape index (κ3) is 3.06. The molecule has 0 unspecified atom stereocenters. The Bertz CT molecular complexity index is 1370. The second-order valence-corrected chi connectivity index (χ2v) is 9.98. The van der Waals surface area contributed by atoms with E-state index in [2.05, 4.69) is 6.07 Å². The maximum absolute atomic E-state index is 14.2. The minimum absolute atomic E-state index is 0.0428. The number of benzene rings is 2.